The molecule has 0 radical (unpaired) electrons. The van der Waals surface area contributed by atoms with E-state index in [-0.39, 0.29) is 11.2 Å². The molecule has 0 bridgehead atoms. The van der Waals surface area contributed by atoms with Crippen LogP contribution in [-0.4, -0.2) is 36.9 Å². The molecule has 2 aromatic rings. The molecule has 1 aliphatic rings. The molecule has 7 nitrogen and oxygen atoms in total. The van der Waals surface area contributed by atoms with Gasteiger partial charge in [-0.2, -0.15) is 0 Å². The Balaban J connectivity index is 1.96. The van der Waals surface area contributed by atoms with Gasteiger partial charge in [0.25, 0.3) is 5.91 Å². The Morgan fingerprint density at radius 3 is 2.87 bits per heavy atom. The maximum atomic E-state index is 11.5. The van der Waals surface area contributed by atoms with Gasteiger partial charge in [0, 0.05) is 25.5 Å². The number of aromatic nitrogens is 4. The number of carbonyl (C=O) groups is 1. The maximum Gasteiger partial charge on any atom is 0.267 e. The lowest BCUT2D eigenvalue weighted by Gasteiger charge is -2.34. The zero-order valence-corrected chi connectivity index (χ0v) is 13.8. The van der Waals surface area contributed by atoms with Crippen LogP contribution in [0.25, 0.3) is 0 Å². The van der Waals surface area contributed by atoms with Crippen molar-refractivity contribution in [2.75, 3.05) is 6.54 Å². The molecule has 1 saturated heterocycles. The summed E-state index contributed by atoms with van der Waals surface area (Å²) in [6, 6.07) is 1.63. The number of hydrogen-bond acceptors (Lipinski definition) is 5. The number of primary amides is 1. The summed E-state index contributed by atoms with van der Waals surface area (Å²) in [5.41, 5.74) is 7.28. The third-order valence-corrected chi connectivity index (χ3v) is 4.65. The normalized spacial score (nSPS) is 21.7. The topological polar surface area (TPSA) is 89.9 Å². The molecule has 0 aromatic carbocycles. The molecule has 2 aromatic heterocycles. The summed E-state index contributed by atoms with van der Waals surface area (Å²) in [6.45, 7) is 5.73. The van der Waals surface area contributed by atoms with Gasteiger partial charge < -0.3 is 10.3 Å². The summed E-state index contributed by atoms with van der Waals surface area (Å²) in [5.74, 6) is 0.155. The van der Waals surface area contributed by atoms with Crippen LogP contribution in [0.2, 0.25) is 0 Å². The van der Waals surface area contributed by atoms with Crippen molar-refractivity contribution in [2.24, 2.45) is 12.8 Å². The number of hydrogen-bond donors (Lipinski definition) is 1. The minimum atomic E-state index is -0.517. The molecule has 1 aliphatic heterocycles. The highest BCUT2D eigenvalue weighted by Crippen LogP contribution is 2.37. The number of rotatable bonds is 4. The Kier molecular flexibility index (Phi) is 3.89. The van der Waals surface area contributed by atoms with Crippen molar-refractivity contribution in [2.45, 2.75) is 38.8 Å². The van der Waals surface area contributed by atoms with Crippen molar-refractivity contribution >= 4 is 5.91 Å². The van der Waals surface area contributed by atoms with Gasteiger partial charge in [-0.25, -0.2) is 15.0 Å². The lowest BCUT2D eigenvalue weighted by atomic mass is 9.97. The van der Waals surface area contributed by atoms with Crippen LogP contribution in [-0.2, 0) is 19.1 Å². The lowest BCUT2D eigenvalue weighted by molar-refractivity contribution is 0.0991. The summed E-state index contributed by atoms with van der Waals surface area (Å²) in [7, 11) is 1.99. The van der Waals surface area contributed by atoms with E-state index in [1.54, 1.807) is 12.4 Å². The fourth-order valence-electron chi connectivity index (χ4n) is 3.19. The summed E-state index contributed by atoms with van der Waals surface area (Å²) >= 11 is 0. The van der Waals surface area contributed by atoms with Gasteiger partial charge in [-0.1, -0.05) is 0 Å². The smallest absolute Gasteiger partial charge is 0.267 e. The number of aryl methyl sites for hydroxylation is 2. The van der Waals surface area contributed by atoms with Crippen LogP contribution in [0.5, 0.6) is 0 Å². The third kappa shape index (κ3) is 2.84. The van der Waals surface area contributed by atoms with Crippen LogP contribution in [0.1, 0.15) is 47.5 Å². The number of amides is 1. The van der Waals surface area contributed by atoms with E-state index in [9.17, 15) is 4.79 Å². The van der Waals surface area contributed by atoms with E-state index >= 15 is 0 Å². The number of imidazole rings is 1. The average Bonchev–Trinajstić information content (AvgIpc) is 3.07. The van der Waals surface area contributed by atoms with Crippen molar-refractivity contribution in [3.8, 4) is 0 Å². The van der Waals surface area contributed by atoms with Crippen molar-refractivity contribution in [1.29, 1.82) is 0 Å². The van der Waals surface area contributed by atoms with E-state index < -0.39 is 5.91 Å². The second kappa shape index (κ2) is 5.73. The zero-order valence-electron chi connectivity index (χ0n) is 13.8. The van der Waals surface area contributed by atoms with Gasteiger partial charge in [-0.15, -0.1) is 0 Å². The summed E-state index contributed by atoms with van der Waals surface area (Å²) < 4.78 is 2.02. The first kappa shape index (κ1) is 15.6. The lowest BCUT2D eigenvalue weighted by Crippen LogP contribution is -2.40. The standard InChI is InChI=1S/C16H22N6O/c1-11-7-13(14(17)23)20-15(19-11)16(2)5-4-6-22(16)9-12-8-18-10-21(12)3/h7-8,10H,4-6,9H2,1-3H3,(H2,17,23)/t16-/m1/s1. The van der Waals surface area contributed by atoms with E-state index in [1.807, 2.05) is 24.7 Å². The molecular weight excluding hydrogens is 292 g/mol. The number of nitrogens with zero attached hydrogens (tertiary/aromatic N) is 5. The molecule has 1 atom stereocenters. The van der Waals surface area contributed by atoms with Gasteiger partial charge in [0.2, 0.25) is 0 Å². The van der Waals surface area contributed by atoms with Gasteiger partial charge in [-0.05, 0) is 39.3 Å². The molecule has 0 spiro atoms. The number of carbonyl (C=O) groups excluding carboxylic acids is 1. The van der Waals surface area contributed by atoms with Crippen LogP contribution in [0.15, 0.2) is 18.6 Å². The Hall–Kier alpha value is -2.28. The first-order valence-electron chi connectivity index (χ1n) is 7.76. The van der Waals surface area contributed by atoms with Crippen molar-refractivity contribution in [3.63, 3.8) is 0 Å². The molecule has 0 unspecified atom stereocenters. The average molecular weight is 314 g/mol. The van der Waals surface area contributed by atoms with Gasteiger partial charge in [0.05, 0.1) is 17.6 Å². The molecule has 1 amide bonds. The molecule has 122 valence electrons. The monoisotopic (exact) mass is 314 g/mol. The Morgan fingerprint density at radius 2 is 2.22 bits per heavy atom. The fourth-order valence-corrected chi connectivity index (χ4v) is 3.19. The van der Waals surface area contributed by atoms with Gasteiger partial charge >= 0.3 is 0 Å². The Morgan fingerprint density at radius 1 is 1.43 bits per heavy atom. The highest BCUT2D eigenvalue weighted by atomic mass is 16.1. The van der Waals surface area contributed by atoms with E-state index in [1.165, 1.54) is 0 Å². The summed E-state index contributed by atoms with van der Waals surface area (Å²) in [4.78, 5) is 27.1. The summed E-state index contributed by atoms with van der Waals surface area (Å²) in [6.07, 6.45) is 5.70. The van der Waals surface area contributed by atoms with Crippen LogP contribution in [0, 0.1) is 6.92 Å². The molecule has 23 heavy (non-hydrogen) atoms. The first-order valence-corrected chi connectivity index (χ1v) is 7.76. The van der Waals surface area contributed by atoms with Gasteiger partial charge in [0.15, 0.2) is 0 Å². The highest BCUT2D eigenvalue weighted by molar-refractivity contribution is 5.90. The minimum absolute atomic E-state index is 0.279. The van der Waals surface area contributed by atoms with Crippen molar-refractivity contribution in [3.05, 3.63) is 41.5 Å². The Labute approximate surface area is 135 Å². The van der Waals surface area contributed by atoms with E-state index in [0.29, 0.717) is 5.82 Å². The predicted molar refractivity (Wildman–Crippen MR) is 85.5 cm³/mol. The second-order valence-corrected chi connectivity index (χ2v) is 6.38. The van der Waals surface area contributed by atoms with E-state index in [4.69, 9.17) is 5.73 Å². The van der Waals surface area contributed by atoms with Crippen molar-refractivity contribution in [1.82, 2.24) is 24.4 Å². The number of nitrogens with two attached hydrogens (primary N) is 1. The van der Waals surface area contributed by atoms with Crippen LogP contribution in [0.4, 0.5) is 0 Å². The highest BCUT2D eigenvalue weighted by Gasteiger charge is 2.41. The first-order chi connectivity index (χ1) is 10.9. The van der Waals surface area contributed by atoms with Crippen LogP contribution < -0.4 is 5.73 Å². The SMILES string of the molecule is Cc1cc(C(N)=O)nc([C@@]2(C)CCCN2Cc2cncn2C)n1. The quantitative estimate of drug-likeness (QED) is 0.913. The van der Waals surface area contributed by atoms with E-state index in [0.717, 1.165) is 37.3 Å². The second-order valence-electron chi connectivity index (χ2n) is 6.38. The van der Waals surface area contributed by atoms with E-state index in [2.05, 4.69) is 26.8 Å². The number of likely N-dealkylation sites (tertiary alicyclic amines) is 1. The van der Waals surface area contributed by atoms with Crippen molar-refractivity contribution < 1.29 is 4.79 Å². The molecule has 3 heterocycles. The molecule has 7 heteroatoms. The van der Waals surface area contributed by atoms with Crippen LogP contribution >= 0.6 is 0 Å². The third-order valence-electron chi connectivity index (χ3n) is 4.65. The minimum Gasteiger partial charge on any atom is -0.364 e. The van der Waals surface area contributed by atoms with Gasteiger partial charge in [-0.3, -0.25) is 9.69 Å². The molecule has 1 fully saturated rings. The predicted octanol–water partition coefficient (Wildman–Crippen LogP) is 1.13. The molecular formula is C16H22N6O. The summed E-state index contributed by atoms with van der Waals surface area (Å²) in [5, 5.41) is 0. The largest absolute Gasteiger partial charge is 0.364 e. The maximum absolute atomic E-state index is 11.5. The molecule has 0 saturated carbocycles. The molecule has 3 rings (SSSR count). The Bertz CT molecular complexity index is 740. The van der Waals surface area contributed by atoms with Gasteiger partial charge in [0.1, 0.15) is 11.5 Å². The van der Waals surface area contributed by atoms with Crippen LogP contribution in [0.3, 0.4) is 0 Å². The molecule has 2 N–H and O–H groups in total. The fraction of sp³-hybridized carbons (Fsp3) is 0.500. The molecule has 0 aliphatic carbocycles. The zero-order chi connectivity index (χ0) is 16.6.